The van der Waals surface area contributed by atoms with Crippen LogP contribution in [0.5, 0.6) is 0 Å². The fourth-order valence-corrected chi connectivity index (χ4v) is 2.80. The molecule has 1 amide bonds. The molecule has 0 aromatic heterocycles. The average molecular weight is 236 g/mol. The highest BCUT2D eigenvalue weighted by Gasteiger charge is 2.23. The van der Waals surface area contributed by atoms with Gasteiger partial charge in [0, 0.05) is 31.6 Å². The summed E-state index contributed by atoms with van der Waals surface area (Å²) in [6.07, 6.45) is 11.1. The van der Waals surface area contributed by atoms with Crippen LogP contribution >= 0.6 is 0 Å². The van der Waals surface area contributed by atoms with Gasteiger partial charge < -0.3 is 10.2 Å². The number of piperidine rings is 1. The molecule has 0 bridgehead atoms. The van der Waals surface area contributed by atoms with Gasteiger partial charge in [-0.3, -0.25) is 4.79 Å². The standard InChI is InChI=1S/C14H24N2O/c1-2-14(17)16-10-8-13(9-11-16)15-12-6-4-3-5-7-12/h3-4,12-13,15H,2,5-11H2,1H3. The monoisotopic (exact) mass is 236 g/mol. The summed E-state index contributed by atoms with van der Waals surface area (Å²) in [4.78, 5) is 13.6. The molecule has 0 aromatic carbocycles. The lowest BCUT2D eigenvalue weighted by Gasteiger charge is -2.35. The van der Waals surface area contributed by atoms with Gasteiger partial charge in [-0.15, -0.1) is 0 Å². The highest BCUT2D eigenvalue weighted by molar-refractivity contribution is 5.75. The van der Waals surface area contributed by atoms with E-state index in [1.807, 2.05) is 11.8 Å². The molecule has 0 radical (unpaired) electrons. The Hall–Kier alpha value is -0.830. The smallest absolute Gasteiger partial charge is 0.222 e. The van der Waals surface area contributed by atoms with Crippen LogP contribution in [0.1, 0.15) is 45.4 Å². The van der Waals surface area contributed by atoms with E-state index in [0.29, 0.717) is 24.4 Å². The third kappa shape index (κ3) is 3.56. The van der Waals surface area contributed by atoms with E-state index < -0.39 is 0 Å². The Morgan fingerprint density at radius 1 is 1.24 bits per heavy atom. The first-order chi connectivity index (χ1) is 8.29. The lowest BCUT2D eigenvalue weighted by Crippen LogP contribution is -2.47. The van der Waals surface area contributed by atoms with Crippen LogP contribution in [0.2, 0.25) is 0 Å². The van der Waals surface area contributed by atoms with Crippen LogP contribution in [0.3, 0.4) is 0 Å². The second-order valence-corrected chi connectivity index (χ2v) is 5.16. The molecule has 1 saturated heterocycles. The number of amides is 1. The molecule has 1 aliphatic carbocycles. The summed E-state index contributed by atoms with van der Waals surface area (Å²) in [5.74, 6) is 0.309. The number of carbonyl (C=O) groups is 1. The van der Waals surface area contributed by atoms with Crippen LogP contribution in [0.15, 0.2) is 12.2 Å². The maximum atomic E-state index is 11.6. The van der Waals surface area contributed by atoms with Crippen LogP contribution in [-0.2, 0) is 4.79 Å². The van der Waals surface area contributed by atoms with Crippen LogP contribution in [-0.4, -0.2) is 36.0 Å². The molecule has 1 aliphatic heterocycles. The minimum Gasteiger partial charge on any atom is -0.343 e. The summed E-state index contributed by atoms with van der Waals surface area (Å²) >= 11 is 0. The van der Waals surface area contributed by atoms with E-state index in [9.17, 15) is 4.79 Å². The summed E-state index contributed by atoms with van der Waals surface area (Å²) in [6, 6.07) is 1.28. The van der Waals surface area contributed by atoms with Gasteiger partial charge in [0.1, 0.15) is 0 Å². The van der Waals surface area contributed by atoms with Gasteiger partial charge in [0.05, 0.1) is 0 Å². The van der Waals surface area contributed by atoms with E-state index in [2.05, 4.69) is 17.5 Å². The molecule has 1 fully saturated rings. The first-order valence-electron chi connectivity index (χ1n) is 6.98. The Morgan fingerprint density at radius 2 is 2.00 bits per heavy atom. The summed E-state index contributed by atoms with van der Waals surface area (Å²) in [5, 5.41) is 3.75. The van der Waals surface area contributed by atoms with Crippen molar-refractivity contribution in [2.75, 3.05) is 13.1 Å². The number of likely N-dealkylation sites (tertiary alicyclic amines) is 1. The molecule has 2 aliphatic rings. The van der Waals surface area contributed by atoms with Crippen molar-refractivity contribution in [2.45, 2.75) is 57.5 Å². The Kier molecular flexibility index (Phi) is 4.60. The molecule has 0 saturated carbocycles. The van der Waals surface area contributed by atoms with E-state index in [1.165, 1.54) is 19.3 Å². The predicted octanol–water partition coefficient (Wildman–Crippen LogP) is 2.09. The Bertz CT molecular complexity index is 280. The van der Waals surface area contributed by atoms with Crippen molar-refractivity contribution >= 4 is 5.91 Å². The van der Waals surface area contributed by atoms with Gasteiger partial charge >= 0.3 is 0 Å². The number of hydrogen-bond acceptors (Lipinski definition) is 2. The van der Waals surface area contributed by atoms with Crippen molar-refractivity contribution in [1.29, 1.82) is 0 Å². The lowest BCUT2D eigenvalue weighted by atomic mass is 9.98. The SMILES string of the molecule is CCC(=O)N1CCC(NC2CC=CCC2)CC1. The summed E-state index contributed by atoms with van der Waals surface area (Å²) in [7, 11) is 0. The molecule has 1 unspecified atom stereocenters. The summed E-state index contributed by atoms with van der Waals surface area (Å²) < 4.78 is 0. The number of hydrogen-bond donors (Lipinski definition) is 1. The number of nitrogens with one attached hydrogen (secondary N) is 1. The zero-order chi connectivity index (χ0) is 12.1. The largest absolute Gasteiger partial charge is 0.343 e. The lowest BCUT2D eigenvalue weighted by molar-refractivity contribution is -0.131. The van der Waals surface area contributed by atoms with Gasteiger partial charge in [-0.2, -0.15) is 0 Å². The highest BCUT2D eigenvalue weighted by atomic mass is 16.2. The first-order valence-corrected chi connectivity index (χ1v) is 6.98. The molecule has 0 aromatic rings. The molecule has 3 nitrogen and oxygen atoms in total. The second kappa shape index (κ2) is 6.20. The average Bonchev–Trinajstić information content (AvgIpc) is 2.40. The van der Waals surface area contributed by atoms with Gasteiger partial charge in [0.25, 0.3) is 0 Å². The molecular weight excluding hydrogens is 212 g/mol. The van der Waals surface area contributed by atoms with E-state index in [1.54, 1.807) is 0 Å². The minimum absolute atomic E-state index is 0.309. The fraction of sp³-hybridized carbons (Fsp3) is 0.786. The molecule has 96 valence electrons. The molecule has 2 rings (SSSR count). The number of rotatable bonds is 3. The molecule has 1 N–H and O–H groups in total. The molecule has 17 heavy (non-hydrogen) atoms. The van der Waals surface area contributed by atoms with E-state index in [0.717, 1.165) is 25.9 Å². The Morgan fingerprint density at radius 3 is 2.59 bits per heavy atom. The van der Waals surface area contributed by atoms with Gasteiger partial charge in [-0.25, -0.2) is 0 Å². The van der Waals surface area contributed by atoms with Crippen LogP contribution < -0.4 is 5.32 Å². The molecule has 0 spiro atoms. The van der Waals surface area contributed by atoms with Crippen molar-refractivity contribution in [3.8, 4) is 0 Å². The maximum absolute atomic E-state index is 11.6. The third-order valence-corrected chi connectivity index (χ3v) is 3.89. The van der Waals surface area contributed by atoms with Crippen molar-refractivity contribution in [3.05, 3.63) is 12.2 Å². The van der Waals surface area contributed by atoms with E-state index in [4.69, 9.17) is 0 Å². The van der Waals surface area contributed by atoms with Gasteiger partial charge in [-0.05, 0) is 32.1 Å². The van der Waals surface area contributed by atoms with Crippen LogP contribution in [0.25, 0.3) is 0 Å². The first kappa shape index (κ1) is 12.6. The van der Waals surface area contributed by atoms with Crippen molar-refractivity contribution in [1.82, 2.24) is 10.2 Å². The van der Waals surface area contributed by atoms with Gasteiger partial charge in [0.15, 0.2) is 0 Å². The Balaban J connectivity index is 1.71. The van der Waals surface area contributed by atoms with E-state index in [-0.39, 0.29) is 0 Å². The summed E-state index contributed by atoms with van der Waals surface area (Å²) in [6.45, 7) is 3.82. The predicted molar refractivity (Wildman–Crippen MR) is 69.8 cm³/mol. The maximum Gasteiger partial charge on any atom is 0.222 e. The molecule has 1 heterocycles. The number of nitrogens with zero attached hydrogens (tertiary/aromatic N) is 1. The molecule has 1 atom stereocenters. The quantitative estimate of drug-likeness (QED) is 0.761. The zero-order valence-electron chi connectivity index (χ0n) is 10.8. The van der Waals surface area contributed by atoms with Crippen molar-refractivity contribution in [3.63, 3.8) is 0 Å². The third-order valence-electron chi connectivity index (χ3n) is 3.89. The minimum atomic E-state index is 0.309. The van der Waals surface area contributed by atoms with Gasteiger partial charge in [0.2, 0.25) is 5.91 Å². The Labute approximate surface area is 104 Å². The number of allylic oxidation sites excluding steroid dienone is 1. The molecule has 3 heteroatoms. The van der Waals surface area contributed by atoms with Crippen molar-refractivity contribution in [2.24, 2.45) is 0 Å². The van der Waals surface area contributed by atoms with Crippen molar-refractivity contribution < 1.29 is 4.79 Å². The second-order valence-electron chi connectivity index (χ2n) is 5.16. The van der Waals surface area contributed by atoms with Gasteiger partial charge in [-0.1, -0.05) is 19.1 Å². The number of carbonyl (C=O) groups excluding carboxylic acids is 1. The zero-order valence-corrected chi connectivity index (χ0v) is 10.8. The fourth-order valence-electron chi connectivity index (χ4n) is 2.80. The molecular formula is C14H24N2O. The van der Waals surface area contributed by atoms with Crippen LogP contribution in [0, 0.1) is 0 Å². The summed E-state index contributed by atoms with van der Waals surface area (Å²) in [5.41, 5.74) is 0. The van der Waals surface area contributed by atoms with E-state index >= 15 is 0 Å². The topological polar surface area (TPSA) is 32.3 Å². The highest BCUT2D eigenvalue weighted by Crippen LogP contribution is 2.16. The normalized spacial score (nSPS) is 26.2. The van der Waals surface area contributed by atoms with Crippen LogP contribution in [0.4, 0.5) is 0 Å².